The van der Waals surface area contributed by atoms with Crippen molar-refractivity contribution in [1.82, 2.24) is 9.21 Å². The Kier molecular flexibility index (Phi) is 4.86. The largest absolute Gasteiger partial charge is 0.392 e. The zero-order valence-electron chi connectivity index (χ0n) is 12.1. The Morgan fingerprint density at radius 1 is 1.45 bits per heavy atom. The first-order valence-corrected chi connectivity index (χ1v) is 9.05. The standard InChI is InChI=1S/C13H22N2O3S2/c1-10-8-14(9-11(2)16)6-7-15(10)20(17,18)13-5-4-12(3)19-13/h4-5,10-11,16H,6-9H2,1-3H3. The molecule has 1 aliphatic heterocycles. The maximum absolute atomic E-state index is 12.6. The molecule has 2 heterocycles. The van der Waals surface area contributed by atoms with E-state index in [0.717, 1.165) is 4.88 Å². The summed E-state index contributed by atoms with van der Waals surface area (Å²) in [7, 11) is -3.38. The van der Waals surface area contributed by atoms with Gasteiger partial charge in [0.2, 0.25) is 0 Å². The maximum Gasteiger partial charge on any atom is 0.252 e. The molecule has 0 amide bonds. The van der Waals surface area contributed by atoms with E-state index in [2.05, 4.69) is 4.90 Å². The first-order valence-electron chi connectivity index (χ1n) is 6.79. The van der Waals surface area contributed by atoms with Crippen LogP contribution in [0.3, 0.4) is 0 Å². The molecule has 0 aliphatic carbocycles. The normalized spacial score (nSPS) is 23.9. The second-order valence-electron chi connectivity index (χ2n) is 5.44. The highest BCUT2D eigenvalue weighted by atomic mass is 32.2. The summed E-state index contributed by atoms with van der Waals surface area (Å²) in [6.45, 7) is 7.99. The van der Waals surface area contributed by atoms with Crippen molar-refractivity contribution in [3.05, 3.63) is 17.0 Å². The molecule has 1 saturated heterocycles. The molecule has 1 aromatic rings. The molecule has 0 aromatic carbocycles. The maximum atomic E-state index is 12.6. The number of thiophene rings is 1. The third-order valence-corrected chi connectivity index (χ3v) is 6.93. The van der Waals surface area contributed by atoms with Crippen molar-refractivity contribution in [3.63, 3.8) is 0 Å². The number of sulfonamides is 1. The minimum absolute atomic E-state index is 0.0742. The third kappa shape index (κ3) is 3.40. The zero-order valence-corrected chi connectivity index (χ0v) is 13.7. The average molecular weight is 318 g/mol. The molecular formula is C13H22N2O3S2. The minimum Gasteiger partial charge on any atom is -0.392 e. The summed E-state index contributed by atoms with van der Waals surface area (Å²) in [4.78, 5) is 3.12. The highest BCUT2D eigenvalue weighted by Crippen LogP contribution is 2.27. The van der Waals surface area contributed by atoms with Crippen molar-refractivity contribution in [3.8, 4) is 0 Å². The van der Waals surface area contributed by atoms with E-state index in [4.69, 9.17) is 0 Å². The van der Waals surface area contributed by atoms with Gasteiger partial charge in [-0.1, -0.05) is 0 Å². The van der Waals surface area contributed by atoms with Crippen molar-refractivity contribution in [2.75, 3.05) is 26.2 Å². The quantitative estimate of drug-likeness (QED) is 0.904. The summed E-state index contributed by atoms with van der Waals surface area (Å²) < 4.78 is 27.2. The number of aliphatic hydroxyl groups excluding tert-OH is 1. The first kappa shape index (κ1) is 15.9. The molecular weight excluding hydrogens is 296 g/mol. The molecule has 7 heteroatoms. The van der Waals surface area contributed by atoms with Crippen LogP contribution in [0.15, 0.2) is 16.3 Å². The summed E-state index contributed by atoms with van der Waals surface area (Å²) >= 11 is 1.32. The van der Waals surface area contributed by atoms with Crippen LogP contribution in [-0.4, -0.2) is 61.1 Å². The highest BCUT2D eigenvalue weighted by Gasteiger charge is 2.34. The molecule has 2 unspecified atom stereocenters. The van der Waals surface area contributed by atoms with Gasteiger partial charge in [0, 0.05) is 37.1 Å². The van der Waals surface area contributed by atoms with Gasteiger partial charge in [-0.25, -0.2) is 8.42 Å². The van der Waals surface area contributed by atoms with E-state index in [-0.39, 0.29) is 12.1 Å². The smallest absolute Gasteiger partial charge is 0.252 e. The lowest BCUT2D eigenvalue weighted by Gasteiger charge is -2.39. The van der Waals surface area contributed by atoms with Gasteiger partial charge in [0.1, 0.15) is 4.21 Å². The lowest BCUT2D eigenvalue weighted by molar-refractivity contribution is 0.0841. The molecule has 2 atom stereocenters. The van der Waals surface area contributed by atoms with Gasteiger partial charge in [-0.2, -0.15) is 4.31 Å². The van der Waals surface area contributed by atoms with E-state index in [1.807, 2.05) is 19.9 Å². The van der Waals surface area contributed by atoms with Crippen LogP contribution in [0.5, 0.6) is 0 Å². The molecule has 2 rings (SSSR count). The van der Waals surface area contributed by atoms with Crippen LogP contribution in [0.4, 0.5) is 0 Å². The predicted octanol–water partition coefficient (Wildman–Crippen LogP) is 1.13. The summed E-state index contributed by atoms with van der Waals surface area (Å²) in [5.74, 6) is 0. The summed E-state index contributed by atoms with van der Waals surface area (Å²) in [5.41, 5.74) is 0. The fraction of sp³-hybridized carbons (Fsp3) is 0.692. The number of rotatable bonds is 4. The molecule has 0 bridgehead atoms. The van der Waals surface area contributed by atoms with Gasteiger partial charge in [0.15, 0.2) is 0 Å². The second kappa shape index (κ2) is 6.11. The number of aliphatic hydroxyl groups is 1. The molecule has 1 aliphatic rings. The van der Waals surface area contributed by atoms with Gasteiger partial charge in [-0.05, 0) is 32.9 Å². The van der Waals surface area contributed by atoms with Crippen LogP contribution >= 0.6 is 11.3 Å². The average Bonchev–Trinajstić information content (AvgIpc) is 2.75. The topological polar surface area (TPSA) is 60.9 Å². The summed E-state index contributed by atoms with van der Waals surface area (Å²) in [6, 6.07) is 3.45. The fourth-order valence-corrected chi connectivity index (χ4v) is 5.61. The van der Waals surface area contributed by atoms with E-state index in [1.54, 1.807) is 17.3 Å². The van der Waals surface area contributed by atoms with Gasteiger partial charge >= 0.3 is 0 Å². The van der Waals surface area contributed by atoms with Crippen LogP contribution in [0.2, 0.25) is 0 Å². The van der Waals surface area contributed by atoms with Gasteiger partial charge in [0.05, 0.1) is 6.10 Å². The molecule has 1 aromatic heterocycles. The molecule has 1 N–H and O–H groups in total. The van der Waals surface area contributed by atoms with Gasteiger partial charge < -0.3 is 5.11 Å². The van der Waals surface area contributed by atoms with Gasteiger partial charge in [-0.3, -0.25) is 4.90 Å². The number of nitrogens with zero attached hydrogens (tertiary/aromatic N) is 2. The van der Waals surface area contributed by atoms with Crippen LogP contribution in [-0.2, 0) is 10.0 Å². The van der Waals surface area contributed by atoms with Crippen molar-refractivity contribution in [1.29, 1.82) is 0 Å². The van der Waals surface area contributed by atoms with E-state index in [9.17, 15) is 13.5 Å². The van der Waals surface area contributed by atoms with Gasteiger partial charge in [0.25, 0.3) is 10.0 Å². The molecule has 114 valence electrons. The van der Waals surface area contributed by atoms with E-state index < -0.39 is 10.0 Å². The predicted molar refractivity (Wildman–Crippen MR) is 80.5 cm³/mol. The zero-order chi connectivity index (χ0) is 14.9. The Morgan fingerprint density at radius 3 is 2.65 bits per heavy atom. The Morgan fingerprint density at radius 2 is 2.15 bits per heavy atom. The van der Waals surface area contributed by atoms with E-state index in [0.29, 0.717) is 30.4 Å². The lowest BCUT2D eigenvalue weighted by atomic mass is 10.2. The van der Waals surface area contributed by atoms with Crippen molar-refractivity contribution < 1.29 is 13.5 Å². The second-order valence-corrected chi connectivity index (χ2v) is 8.84. The molecule has 20 heavy (non-hydrogen) atoms. The van der Waals surface area contributed by atoms with E-state index >= 15 is 0 Å². The third-order valence-electron chi connectivity index (χ3n) is 3.45. The Bertz CT molecular complexity index is 554. The van der Waals surface area contributed by atoms with Gasteiger partial charge in [-0.15, -0.1) is 11.3 Å². The number of aryl methyl sites for hydroxylation is 1. The fourth-order valence-electron chi connectivity index (χ4n) is 2.58. The molecule has 1 fully saturated rings. The Balaban J connectivity index is 2.11. The lowest BCUT2D eigenvalue weighted by Crippen LogP contribution is -2.54. The Labute approximate surface area is 124 Å². The number of piperazine rings is 1. The summed E-state index contributed by atoms with van der Waals surface area (Å²) in [6.07, 6.45) is -0.384. The van der Waals surface area contributed by atoms with Crippen molar-refractivity contribution in [2.45, 2.75) is 37.1 Å². The molecule has 5 nitrogen and oxygen atoms in total. The van der Waals surface area contributed by atoms with Crippen molar-refractivity contribution >= 4 is 21.4 Å². The van der Waals surface area contributed by atoms with Crippen molar-refractivity contribution in [2.24, 2.45) is 0 Å². The van der Waals surface area contributed by atoms with Crippen LogP contribution in [0.1, 0.15) is 18.7 Å². The minimum atomic E-state index is -3.38. The molecule has 0 saturated carbocycles. The number of hydrogen-bond acceptors (Lipinski definition) is 5. The van der Waals surface area contributed by atoms with Crippen LogP contribution in [0, 0.1) is 6.92 Å². The Hall–Kier alpha value is -0.470. The van der Waals surface area contributed by atoms with E-state index in [1.165, 1.54) is 11.3 Å². The summed E-state index contributed by atoms with van der Waals surface area (Å²) in [5, 5.41) is 9.43. The number of β-amino-alcohol motifs (C(OH)–C–C–N with tert-alkyl or cyclic N) is 1. The monoisotopic (exact) mass is 318 g/mol. The number of hydrogen-bond donors (Lipinski definition) is 1. The first-order chi connectivity index (χ1) is 9.30. The molecule has 0 radical (unpaired) electrons. The molecule has 0 spiro atoms. The highest BCUT2D eigenvalue weighted by molar-refractivity contribution is 7.91. The van der Waals surface area contributed by atoms with Crippen LogP contribution < -0.4 is 0 Å². The SMILES string of the molecule is Cc1ccc(S(=O)(=O)N2CCN(CC(C)O)CC2C)s1. The van der Waals surface area contributed by atoms with Crippen LogP contribution in [0.25, 0.3) is 0 Å².